The quantitative estimate of drug-likeness (QED) is 0.909. The molecular formula is C17H16FNO4S. The van der Waals surface area contributed by atoms with Gasteiger partial charge in [-0.15, -0.1) is 11.3 Å². The van der Waals surface area contributed by atoms with Crippen LogP contribution in [0, 0.1) is 6.92 Å². The standard InChI is InChI=1S/C17H16FNO4S/c1-8-5-10(7-24-8)17(23)19-9(2)11(6-14(21)22)15-12(19)3-4-13(20)16(15)18/h5,7,12H,3-4,6H2,1-2H3,(H,21,22). The average molecular weight is 349 g/mol. The molecule has 5 nitrogen and oxygen atoms in total. The van der Waals surface area contributed by atoms with Crippen molar-refractivity contribution in [2.24, 2.45) is 0 Å². The summed E-state index contributed by atoms with van der Waals surface area (Å²) in [4.78, 5) is 38.2. The Labute approximate surface area is 142 Å². The second-order valence-corrected chi connectivity index (χ2v) is 7.08. The van der Waals surface area contributed by atoms with Crippen molar-refractivity contribution in [2.45, 2.75) is 39.2 Å². The predicted molar refractivity (Wildman–Crippen MR) is 86.3 cm³/mol. The van der Waals surface area contributed by atoms with E-state index in [1.165, 1.54) is 16.2 Å². The number of nitrogens with zero attached hydrogens (tertiary/aromatic N) is 1. The monoisotopic (exact) mass is 349 g/mol. The van der Waals surface area contributed by atoms with E-state index in [-0.39, 0.29) is 23.5 Å². The third-order valence-electron chi connectivity index (χ3n) is 4.42. The summed E-state index contributed by atoms with van der Waals surface area (Å²) in [5, 5.41) is 10.8. The molecule has 1 N–H and O–H groups in total. The molecule has 0 aromatic carbocycles. The summed E-state index contributed by atoms with van der Waals surface area (Å²) >= 11 is 1.44. The van der Waals surface area contributed by atoms with Crippen molar-refractivity contribution in [1.29, 1.82) is 0 Å². The zero-order chi connectivity index (χ0) is 17.6. The van der Waals surface area contributed by atoms with Gasteiger partial charge in [0.25, 0.3) is 5.91 Å². The van der Waals surface area contributed by atoms with Crippen molar-refractivity contribution in [2.75, 3.05) is 0 Å². The topological polar surface area (TPSA) is 74.7 Å². The van der Waals surface area contributed by atoms with Gasteiger partial charge in [0.15, 0.2) is 11.6 Å². The van der Waals surface area contributed by atoms with Crippen LogP contribution >= 0.6 is 11.3 Å². The molecule has 2 heterocycles. The number of rotatable bonds is 3. The lowest BCUT2D eigenvalue weighted by Gasteiger charge is -2.29. The number of carbonyl (C=O) groups is 3. The second-order valence-electron chi connectivity index (χ2n) is 5.96. The first kappa shape index (κ1) is 16.6. The van der Waals surface area contributed by atoms with Crippen LogP contribution in [0.15, 0.2) is 34.1 Å². The molecule has 0 fully saturated rings. The number of ketones is 1. The van der Waals surface area contributed by atoms with E-state index in [1.54, 1.807) is 18.4 Å². The SMILES string of the molecule is CC1=C(CC(=O)O)C2=C(F)C(=O)CCC2N1C(=O)c1csc(C)c1. The number of carboxylic acids is 1. The predicted octanol–water partition coefficient (Wildman–Crippen LogP) is 3.22. The van der Waals surface area contributed by atoms with E-state index in [4.69, 9.17) is 5.11 Å². The molecule has 1 aliphatic heterocycles. The number of aryl methyl sites for hydroxylation is 1. The fourth-order valence-corrected chi connectivity index (χ4v) is 4.02. The zero-order valence-corrected chi connectivity index (χ0v) is 14.1. The third kappa shape index (κ3) is 2.58. The highest BCUT2D eigenvalue weighted by molar-refractivity contribution is 7.10. The molecular weight excluding hydrogens is 333 g/mol. The summed E-state index contributed by atoms with van der Waals surface area (Å²) in [5.74, 6) is -2.94. The minimum atomic E-state index is -1.12. The number of hydrogen-bond donors (Lipinski definition) is 1. The van der Waals surface area contributed by atoms with Gasteiger partial charge >= 0.3 is 5.97 Å². The molecule has 1 amide bonds. The zero-order valence-electron chi connectivity index (χ0n) is 13.3. The number of carboxylic acid groups (broad SMARTS) is 1. The highest BCUT2D eigenvalue weighted by Gasteiger charge is 2.44. The molecule has 0 saturated heterocycles. The van der Waals surface area contributed by atoms with Crippen molar-refractivity contribution in [3.63, 3.8) is 0 Å². The summed E-state index contributed by atoms with van der Waals surface area (Å²) in [6.07, 6.45) is -0.0954. The van der Waals surface area contributed by atoms with Gasteiger partial charge in [0.1, 0.15) is 0 Å². The normalized spacial score (nSPS) is 20.7. The first-order valence-corrected chi connectivity index (χ1v) is 8.42. The van der Waals surface area contributed by atoms with E-state index < -0.39 is 30.0 Å². The Balaban J connectivity index is 2.10. The smallest absolute Gasteiger partial charge is 0.307 e. The average Bonchev–Trinajstić information content (AvgIpc) is 3.05. The van der Waals surface area contributed by atoms with Crippen LogP contribution in [0.25, 0.3) is 0 Å². The Hall–Kier alpha value is -2.28. The van der Waals surface area contributed by atoms with Gasteiger partial charge < -0.3 is 10.0 Å². The van der Waals surface area contributed by atoms with Gasteiger partial charge in [0.2, 0.25) is 0 Å². The number of hydrogen-bond acceptors (Lipinski definition) is 4. The van der Waals surface area contributed by atoms with Crippen LogP contribution in [0.2, 0.25) is 0 Å². The van der Waals surface area contributed by atoms with E-state index in [2.05, 4.69) is 0 Å². The van der Waals surface area contributed by atoms with Crippen molar-refractivity contribution in [1.82, 2.24) is 4.90 Å². The van der Waals surface area contributed by atoms with Crippen molar-refractivity contribution >= 4 is 29.0 Å². The van der Waals surface area contributed by atoms with Gasteiger partial charge in [0.05, 0.1) is 18.0 Å². The number of amides is 1. The molecule has 0 radical (unpaired) electrons. The molecule has 3 rings (SSSR count). The number of fused-ring (bicyclic) bond motifs is 1. The lowest BCUT2D eigenvalue weighted by atomic mass is 9.88. The molecule has 7 heteroatoms. The van der Waals surface area contributed by atoms with Crippen LogP contribution in [0.3, 0.4) is 0 Å². The van der Waals surface area contributed by atoms with Crippen LogP contribution in [-0.2, 0) is 9.59 Å². The summed E-state index contributed by atoms with van der Waals surface area (Å²) in [6.45, 7) is 3.49. The van der Waals surface area contributed by atoms with Gasteiger partial charge in [-0.2, -0.15) is 0 Å². The summed E-state index contributed by atoms with van der Waals surface area (Å²) in [7, 11) is 0. The molecule has 0 spiro atoms. The first-order valence-electron chi connectivity index (χ1n) is 7.54. The summed E-state index contributed by atoms with van der Waals surface area (Å²) in [6, 6.07) is 1.15. The highest BCUT2D eigenvalue weighted by Crippen LogP contribution is 2.43. The van der Waals surface area contributed by atoms with Gasteiger partial charge in [-0.1, -0.05) is 0 Å². The number of carbonyl (C=O) groups excluding carboxylic acids is 2. The lowest BCUT2D eigenvalue weighted by molar-refractivity contribution is -0.136. The van der Waals surface area contributed by atoms with Crippen LogP contribution in [0.1, 0.15) is 41.4 Å². The van der Waals surface area contributed by atoms with Crippen molar-refractivity contribution < 1.29 is 23.9 Å². The van der Waals surface area contributed by atoms with Crippen LogP contribution in [-0.4, -0.2) is 33.7 Å². The van der Waals surface area contributed by atoms with Crippen LogP contribution < -0.4 is 0 Å². The molecule has 0 saturated carbocycles. The van der Waals surface area contributed by atoms with E-state index in [0.29, 0.717) is 17.7 Å². The lowest BCUT2D eigenvalue weighted by Crippen LogP contribution is -2.38. The minimum Gasteiger partial charge on any atom is -0.481 e. The second kappa shape index (κ2) is 5.98. The first-order chi connectivity index (χ1) is 11.3. The maximum atomic E-state index is 14.4. The Bertz CT molecular complexity index is 820. The van der Waals surface area contributed by atoms with Gasteiger partial charge in [-0.25, -0.2) is 4.39 Å². The number of aliphatic carboxylic acids is 1. The van der Waals surface area contributed by atoms with Crippen molar-refractivity contribution in [3.8, 4) is 0 Å². The van der Waals surface area contributed by atoms with E-state index in [9.17, 15) is 18.8 Å². The Morgan fingerprint density at radius 1 is 1.42 bits per heavy atom. The minimum absolute atomic E-state index is 0.0140. The summed E-state index contributed by atoms with van der Waals surface area (Å²) in [5.41, 5.74) is 1.21. The molecule has 1 atom stereocenters. The number of allylic oxidation sites excluding steroid dienone is 2. The molecule has 1 aromatic rings. The Morgan fingerprint density at radius 2 is 2.12 bits per heavy atom. The van der Waals surface area contributed by atoms with Crippen LogP contribution in [0.4, 0.5) is 4.39 Å². The fraction of sp³-hybridized carbons (Fsp3) is 0.353. The fourth-order valence-electron chi connectivity index (χ4n) is 3.35. The third-order valence-corrected chi connectivity index (χ3v) is 5.28. The largest absolute Gasteiger partial charge is 0.481 e. The van der Waals surface area contributed by atoms with Gasteiger partial charge in [-0.05, 0) is 31.9 Å². The number of thiophene rings is 1. The Kier molecular flexibility index (Phi) is 4.13. The maximum Gasteiger partial charge on any atom is 0.307 e. The molecule has 2 aliphatic rings. The van der Waals surface area contributed by atoms with Crippen molar-refractivity contribution in [3.05, 3.63) is 44.6 Å². The highest BCUT2D eigenvalue weighted by atomic mass is 32.1. The number of halogens is 1. The molecule has 24 heavy (non-hydrogen) atoms. The van der Waals surface area contributed by atoms with Crippen LogP contribution in [0.5, 0.6) is 0 Å². The molecule has 126 valence electrons. The van der Waals surface area contributed by atoms with E-state index in [0.717, 1.165) is 4.88 Å². The Morgan fingerprint density at radius 3 is 2.71 bits per heavy atom. The van der Waals surface area contributed by atoms with Gasteiger partial charge in [0, 0.05) is 27.9 Å². The maximum absolute atomic E-state index is 14.4. The van der Waals surface area contributed by atoms with Gasteiger partial charge in [-0.3, -0.25) is 14.4 Å². The molecule has 1 aliphatic carbocycles. The van der Waals surface area contributed by atoms with E-state index in [1.807, 2.05) is 6.92 Å². The molecule has 0 bridgehead atoms. The molecule has 1 aromatic heterocycles. The number of Topliss-reactive ketones (excluding diaryl/α,β-unsaturated/α-hetero) is 1. The molecule has 1 unspecified atom stereocenters. The summed E-state index contributed by atoms with van der Waals surface area (Å²) < 4.78 is 14.4. The van der Waals surface area contributed by atoms with E-state index >= 15 is 0 Å².